The van der Waals surface area contributed by atoms with Crippen LogP contribution in [0.1, 0.15) is 86.0 Å². The zero-order valence-electron chi connectivity index (χ0n) is 23.3. The van der Waals surface area contributed by atoms with Crippen molar-refractivity contribution < 1.29 is 28.7 Å². The molecule has 0 bridgehead atoms. The lowest BCUT2D eigenvalue weighted by molar-refractivity contribution is -0.147. The minimum atomic E-state index is -0.790. The molecule has 3 aliphatic rings. The number of hydrogen-bond donors (Lipinski definition) is 2. The molecule has 9 nitrogen and oxygen atoms in total. The molecule has 37 heavy (non-hydrogen) atoms. The Bertz CT molecular complexity index is 893. The first kappa shape index (κ1) is 29.0. The molecule has 1 saturated carbocycles. The van der Waals surface area contributed by atoms with Crippen LogP contribution in [-0.2, 0) is 23.9 Å². The topological polar surface area (TPSA) is 114 Å². The van der Waals surface area contributed by atoms with Gasteiger partial charge in [0.25, 0.3) is 0 Å². The number of piperidine rings is 1. The third-order valence-electron chi connectivity index (χ3n) is 7.95. The van der Waals surface area contributed by atoms with E-state index in [0.717, 1.165) is 38.5 Å². The van der Waals surface area contributed by atoms with Crippen LogP contribution >= 0.6 is 0 Å². The maximum absolute atomic E-state index is 13.8. The van der Waals surface area contributed by atoms with Gasteiger partial charge in [-0.3, -0.25) is 9.59 Å². The molecular weight excluding hydrogens is 474 g/mol. The summed E-state index contributed by atoms with van der Waals surface area (Å²) in [6, 6.07) is -2.24. The molecule has 2 heterocycles. The summed E-state index contributed by atoms with van der Waals surface area (Å²) in [5.41, 5.74) is -0.766. The number of rotatable bonds is 2. The maximum atomic E-state index is 13.8. The van der Waals surface area contributed by atoms with Gasteiger partial charge in [-0.05, 0) is 76.5 Å². The van der Waals surface area contributed by atoms with Crippen LogP contribution in [0.25, 0.3) is 0 Å². The van der Waals surface area contributed by atoms with Gasteiger partial charge in [0.2, 0.25) is 11.8 Å². The molecule has 208 valence electrons. The monoisotopic (exact) mass is 519 g/mol. The Kier molecular flexibility index (Phi) is 9.29. The second-order valence-corrected chi connectivity index (χ2v) is 12.2. The lowest BCUT2D eigenvalue weighted by Gasteiger charge is -2.34. The summed E-state index contributed by atoms with van der Waals surface area (Å²) in [6.07, 6.45) is 9.69. The van der Waals surface area contributed by atoms with Gasteiger partial charge in [-0.15, -0.1) is 0 Å². The lowest BCUT2D eigenvalue weighted by Crippen LogP contribution is -2.57. The van der Waals surface area contributed by atoms with Crippen molar-refractivity contribution >= 4 is 23.9 Å². The second kappa shape index (κ2) is 11.9. The first-order chi connectivity index (χ1) is 17.4. The molecule has 0 aromatic carbocycles. The number of allylic oxidation sites excluding steroid dienone is 2. The van der Waals surface area contributed by atoms with Crippen LogP contribution in [0.5, 0.6) is 0 Å². The van der Waals surface area contributed by atoms with Crippen LogP contribution in [0.4, 0.5) is 4.79 Å². The number of nitrogens with one attached hydrogen (secondary N) is 2. The smallest absolute Gasteiger partial charge is 0.408 e. The number of nitrogens with zero attached hydrogens (tertiary/aromatic N) is 1. The first-order valence-electron chi connectivity index (χ1n) is 13.7. The van der Waals surface area contributed by atoms with Gasteiger partial charge < -0.3 is 25.0 Å². The van der Waals surface area contributed by atoms with Crippen molar-refractivity contribution in [2.75, 3.05) is 13.7 Å². The number of esters is 1. The van der Waals surface area contributed by atoms with Gasteiger partial charge in [-0.2, -0.15) is 0 Å². The van der Waals surface area contributed by atoms with Crippen LogP contribution in [-0.4, -0.2) is 66.2 Å². The van der Waals surface area contributed by atoms with Crippen molar-refractivity contribution in [2.45, 2.75) is 110 Å². The zero-order valence-corrected chi connectivity index (χ0v) is 23.3. The number of fused-ring (bicyclic) bond motifs is 3. The van der Waals surface area contributed by atoms with Crippen molar-refractivity contribution in [1.82, 2.24) is 15.5 Å². The lowest BCUT2D eigenvalue weighted by atomic mass is 9.98. The van der Waals surface area contributed by atoms with Gasteiger partial charge in [0, 0.05) is 6.54 Å². The van der Waals surface area contributed by atoms with Gasteiger partial charge in [-0.25, -0.2) is 9.59 Å². The molecule has 5 atom stereocenters. The van der Waals surface area contributed by atoms with E-state index in [1.807, 2.05) is 0 Å². The van der Waals surface area contributed by atoms with E-state index in [4.69, 9.17) is 9.47 Å². The summed E-state index contributed by atoms with van der Waals surface area (Å²) in [5.74, 6) is -0.885. The highest BCUT2D eigenvalue weighted by Crippen LogP contribution is 2.64. The Hall–Kier alpha value is -2.58. The van der Waals surface area contributed by atoms with Crippen molar-refractivity contribution in [3.8, 4) is 0 Å². The fourth-order valence-electron chi connectivity index (χ4n) is 5.83. The minimum Gasteiger partial charge on any atom is -0.467 e. The van der Waals surface area contributed by atoms with Gasteiger partial charge in [0.15, 0.2) is 0 Å². The number of amides is 3. The van der Waals surface area contributed by atoms with Gasteiger partial charge in [-0.1, -0.05) is 38.8 Å². The Morgan fingerprint density at radius 3 is 2.27 bits per heavy atom. The molecule has 0 aromatic heterocycles. The molecule has 1 saturated heterocycles. The molecule has 3 unspecified atom stereocenters. The summed E-state index contributed by atoms with van der Waals surface area (Å²) in [5, 5.41) is 5.67. The Balaban J connectivity index is 1.86. The fraction of sp³-hybridized carbons (Fsp3) is 0.786. The Labute approximate surface area is 221 Å². The summed E-state index contributed by atoms with van der Waals surface area (Å²) in [4.78, 5) is 54.2. The predicted octanol–water partition coefficient (Wildman–Crippen LogP) is 3.71. The first-order valence-corrected chi connectivity index (χ1v) is 13.7. The summed E-state index contributed by atoms with van der Waals surface area (Å²) < 4.78 is 10.4. The molecule has 3 amide bonds. The average molecular weight is 520 g/mol. The van der Waals surface area contributed by atoms with Crippen molar-refractivity contribution in [1.29, 1.82) is 0 Å². The minimum absolute atomic E-state index is 0.00297. The van der Waals surface area contributed by atoms with Gasteiger partial charge in [0.05, 0.1) is 7.11 Å². The van der Waals surface area contributed by atoms with Crippen LogP contribution in [0.15, 0.2) is 12.2 Å². The number of carbonyl (C=O) groups is 4. The van der Waals surface area contributed by atoms with Crippen molar-refractivity contribution in [2.24, 2.45) is 17.3 Å². The molecule has 2 aliphatic heterocycles. The normalized spacial score (nSPS) is 31.7. The van der Waals surface area contributed by atoms with Gasteiger partial charge >= 0.3 is 12.1 Å². The number of ether oxygens (including phenoxy) is 2. The number of alkyl carbamates (subject to hydrolysis) is 1. The van der Waals surface area contributed by atoms with E-state index in [1.165, 1.54) is 7.11 Å². The van der Waals surface area contributed by atoms with E-state index in [-0.39, 0.29) is 29.1 Å². The highest BCUT2D eigenvalue weighted by atomic mass is 16.6. The molecular formula is C28H45N3O6. The Morgan fingerprint density at radius 1 is 1.05 bits per heavy atom. The van der Waals surface area contributed by atoms with E-state index < -0.39 is 35.8 Å². The SMILES string of the molecule is COC(=O)[C@@H]1CCCC/C=C\CCCCC(NC(=O)OC(C)(C)C)C(=O)N2CC3C([C@H]2C(=O)N1)C3(C)C. The van der Waals surface area contributed by atoms with Gasteiger partial charge in [0.1, 0.15) is 23.7 Å². The number of carbonyl (C=O) groups excluding carboxylic acids is 4. The average Bonchev–Trinajstić information content (AvgIpc) is 3.15. The predicted molar refractivity (Wildman–Crippen MR) is 139 cm³/mol. The van der Waals surface area contributed by atoms with Crippen LogP contribution in [0.3, 0.4) is 0 Å². The summed E-state index contributed by atoms with van der Waals surface area (Å²) in [6.45, 7) is 10.00. The van der Waals surface area contributed by atoms with E-state index in [1.54, 1.807) is 25.7 Å². The molecule has 2 N–H and O–H groups in total. The van der Waals surface area contributed by atoms with E-state index in [9.17, 15) is 19.2 Å². The molecule has 3 rings (SSSR count). The summed E-state index contributed by atoms with van der Waals surface area (Å²) >= 11 is 0. The maximum Gasteiger partial charge on any atom is 0.408 e. The van der Waals surface area contributed by atoms with E-state index in [0.29, 0.717) is 19.4 Å². The molecule has 1 aliphatic carbocycles. The van der Waals surface area contributed by atoms with Crippen molar-refractivity contribution in [3.05, 3.63) is 12.2 Å². The molecule has 2 fully saturated rings. The van der Waals surface area contributed by atoms with Crippen LogP contribution < -0.4 is 10.6 Å². The fourth-order valence-corrected chi connectivity index (χ4v) is 5.83. The molecule has 9 heteroatoms. The largest absolute Gasteiger partial charge is 0.467 e. The quantitative estimate of drug-likeness (QED) is 0.425. The number of hydrogen-bond acceptors (Lipinski definition) is 6. The molecule has 0 spiro atoms. The number of methoxy groups -OCH3 is 1. The molecule has 0 aromatic rings. The third kappa shape index (κ3) is 7.26. The van der Waals surface area contributed by atoms with E-state index in [2.05, 4.69) is 36.6 Å². The molecule has 0 radical (unpaired) electrons. The summed E-state index contributed by atoms with van der Waals surface area (Å²) in [7, 11) is 1.32. The van der Waals surface area contributed by atoms with Crippen LogP contribution in [0.2, 0.25) is 0 Å². The third-order valence-corrected chi connectivity index (χ3v) is 7.95. The van der Waals surface area contributed by atoms with Crippen LogP contribution in [0, 0.1) is 17.3 Å². The van der Waals surface area contributed by atoms with Crippen molar-refractivity contribution in [3.63, 3.8) is 0 Å². The highest BCUT2D eigenvalue weighted by molar-refractivity contribution is 5.94. The highest BCUT2D eigenvalue weighted by Gasteiger charge is 2.69. The second-order valence-electron chi connectivity index (χ2n) is 12.2. The van der Waals surface area contributed by atoms with E-state index >= 15 is 0 Å². The zero-order chi connectivity index (χ0) is 27.4. The standard InChI is InChI=1S/C28H45N3O6/c1-27(2,3)37-26(35)30-19-15-13-11-9-7-8-10-12-14-16-20(25(34)36-6)29-23(32)22-21-18(28(21,4)5)17-31(22)24(19)33/h7-8,18-22H,9-17H2,1-6H3,(H,29,32)(H,30,35)/b8-7-/t18?,19?,20-,21?,22-/m0/s1. The Morgan fingerprint density at radius 2 is 1.68 bits per heavy atom.